The van der Waals surface area contributed by atoms with E-state index in [4.69, 9.17) is 0 Å². The molecule has 3 rings (SSSR count). The molecule has 0 radical (unpaired) electrons. The van der Waals surface area contributed by atoms with E-state index in [2.05, 4.69) is 23.7 Å². The minimum absolute atomic E-state index is 0.00871. The fraction of sp³-hybridized carbons (Fsp3) is 0.0435. The van der Waals surface area contributed by atoms with Crippen LogP contribution in [0.1, 0.15) is 27.8 Å². The van der Waals surface area contributed by atoms with E-state index in [0.29, 0.717) is 16.7 Å². The monoisotopic (exact) mass is 382 g/mol. The fourth-order valence-electron chi connectivity index (χ4n) is 2.36. The van der Waals surface area contributed by atoms with Gasteiger partial charge in [-0.25, -0.2) is 22.0 Å². The highest BCUT2D eigenvalue weighted by molar-refractivity contribution is 5.48. The van der Waals surface area contributed by atoms with Crippen LogP contribution in [0.2, 0.25) is 0 Å². The minimum atomic E-state index is -1.55. The Bertz CT molecular complexity index is 1120. The van der Waals surface area contributed by atoms with E-state index in [9.17, 15) is 22.0 Å². The molecule has 0 N–H and O–H groups in total. The standard InChI is InChI=1S/C23H11F5/c1-14-10-19(24)18(20(25)11-14)9-8-16-4-2-15(3-5-16)6-7-17-12-21(26)23(28)22(27)13-17/h2-5,10-13H,1H3. The second kappa shape index (κ2) is 7.98. The van der Waals surface area contributed by atoms with Gasteiger partial charge >= 0.3 is 0 Å². The summed E-state index contributed by atoms with van der Waals surface area (Å²) in [5, 5.41) is 0. The third-order valence-electron chi connectivity index (χ3n) is 3.74. The molecule has 0 unspecified atom stereocenters. The minimum Gasteiger partial charge on any atom is -0.206 e. The molecule has 138 valence electrons. The van der Waals surface area contributed by atoms with Crippen LogP contribution in [0.5, 0.6) is 0 Å². The van der Waals surface area contributed by atoms with Crippen molar-refractivity contribution in [3.63, 3.8) is 0 Å². The molecule has 0 saturated carbocycles. The number of aryl methyl sites for hydroxylation is 1. The van der Waals surface area contributed by atoms with E-state index in [0.717, 1.165) is 12.1 Å². The van der Waals surface area contributed by atoms with Gasteiger partial charge < -0.3 is 0 Å². The highest BCUT2D eigenvalue weighted by Crippen LogP contribution is 2.15. The smallest absolute Gasteiger partial charge is 0.194 e. The second-order valence-corrected chi connectivity index (χ2v) is 5.93. The van der Waals surface area contributed by atoms with Gasteiger partial charge in [0.15, 0.2) is 17.5 Å². The summed E-state index contributed by atoms with van der Waals surface area (Å²) >= 11 is 0. The Morgan fingerprint density at radius 2 is 0.964 bits per heavy atom. The number of benzene rings is 3. The normalized spacial score (nSPS) is 9.93. The lowest BCUT2D eigenvalue weighted by Gasteiger charge is -1.99. The molecule has 0 saturated heterocycles. The first-order chi connectivity index (χ1) is 13.3. The number of halogens is 5. The third kappa shape index (κ3) is 4.39. The van der Waals surface area contributed by atoms with Gasteiger partial charge in [0, 0.05) is 16.7 Å². The van der Waals surface area contributed by atoms with Crippen molar-refractivity contribution in [2.75, 3.05) is 0 Å². The maximum atomic E-state index is 13.8. The van der Waals surface area contributed by atoms with E-state index in [1.54, 1.807) is 31.2 Å². The Kier molecular flexibility index (Phi) is 5.47. The molecule has 0 aliphatic heterocycles. The van der Waals surface area contributed by atoms with Gasteiger partial charge in [0.1, 0.15) is 11.6 Å². The van der Waals surface area contributed by atoms with Crippen LogP contribution < -0.4 is 0 Å². The maximum Gasteiger partial charge on any atom is 0.194 e. The summed E-state index contributed by atoms with van der Waals surface area (Å²) in [6.07, 6.45) is 0. The quantitative estimate of drug-likeness (QED) is 0.274. The van der Waals surface area contributed by atoms with Crippen LogP contribution >= 0.6 is 0 Å². The molecule has 0 atom stereocenters. The summed E-state index contributed by atoms with van der Waals surface area (Å²) in [6.45, 7) is 1.58. The van der Waals surface area contributed by atoms with Crippen molar-refractivity contribution in [2.24, 2.45) is 0 Å². The summed E-state index contributed by atoms with van der Waals surface area (Å²) in [7, 11) is 0. The largest absolute Gasteiger partial charge is 0.206 e. The molecule has 0 aromatic heterocycles. The van der Waals surface area contributed by atoms with Gasteiger partial charge in [0.05, 0.1) is 5.56 Å². The molecule has 0 heterocycles. The van der Waals surface area contributed by atoms with E-state index < -0.39 is 29.1 Å². The molecule has 28 heavy (non-hydrogen) atoms. The Hall–Kier alpha value is -3.57. The van der Waals surface area contributed by atoms with Crippen LogP contribution in [0.3, 0.4) is 0 Å². The molecule has 0 fully saturated rings. The Balaban J connectivity index is 1.81. The van der Waals surface area contributed by atoms with E-state index >= 15 is 0 Å². The Morgan fingerprint density at radius 1 is 0.536 bits per heavy atom. The summed E-state index contributed by atoms with van der Waals surface area (Å²) < 4.78 is 66.8. The van der Waals surface area contributed by atoms with Crippen molar-refractivity contribution in [1.82, 2.24) is 0 Å². The predicted molar refractivity (Wildman–Crippen MR) is 95.8 cm³/mol. The zero-order valence-corrected chi connectivity index (χ0v) is 14.5. The molecular weight excluding hydrogens is 371 g/mol. The van der Waals surface area contributed by atoms with E-state index in [-0.39, 0.29) is 11.1 Å². The SMILES string of the molecule is Cc1cc(F)c(C#Cc2ccc(C#Cc3cc(F)c(F)c(F)c3)cc2)c(F)c1. The van der Waals surface area contributed by atoms with Gasteiger partial charge in [0.2, 0.25) is 0 Å². The molecule has 5 heteroatoms. The van der Waals surface area contributed by atoms with Crippen molar-refractivity contribution < 1.29 is 22.0 Å². The van der Waals surface area contributed by atoms with Crippen LogP contribution in [0.4, 0.5) is 22.0 Å². The lowest BCUT2D eigenvalue weighted by atomic mass is 10.1. The molecule has 3 aromatic carbocycles. The summed E-state index contributed by atoms with van der Waals surface area (Å²) in [5.41, 5.74) is 1.16. The lowest BCUT2D eigenvalue weighted by Crippen LogP contribution is -1.92. The summed E-state index contributed by atoms with van der Waals surface area (Å²) in [6, 6.07) is 10.4. The van der Waals surface area contributed by atoms with Gasteiger partial charge in [0.25, 0.3) is 0 Å². The van der Waals surface area contributed by atoms with Crippen molar-refractivity contribution in [2.45, 2.75) is 6.92 Å². The molecular formula is C23H11F5. The Labute approximate surface area is 158 Å². The van der Waals surface area contributed by atoms with Crippen molar-refractivity contribution in [1.29, 1.82) is 0 Å². The number of rotatable bonds is 0. The first kappa shape index (κ1) is 19.2. The van der Waals surface area contributed by atoms with E-state index in [1.807, 2.05) is 0 Å². The van der Waals surface area contributed by atoms with Crippen LogP contribution in [0, 0.1) is 59.7 Å². The zero-order chi connectivity index (χ0) is 20.3. The van der Waals surface area contributed by atoms with Crippen molar-refractivity contribution in [3.8, 4) is 23.7 Å². The Morgan fingerprint density at radius 3 is 1.46 bits per heavy atom. The number of hydrogen-bond donors (Lipinski definition) is 0. The average Bonchev–Trinajstić information content (AvgIpc) is 2.64. The summed E-state index contributed by atoms with van der Waals surface area (Å²) in [5.74, 6) is 4.72. The van der Waals surface area contributed by atoms with Crippen molar-refractivity contribution >= 4 is 0 Å². The lowest BCUT2D eigenvalue weighted by molar-refractivity contribution is 0.446. The number of hydrogen-bond acceptors (Lipinski definition) is 0. The van der Waals surface area contributed by atoms with Crippen LogP contribution in [0.15, 0.2) is 48.5 Å². The molecule has 0 spiro atoms. The predicted octanol–water partition coefficient (Wildman–Crippen LogP) is 5.49. The molecule has 0 amide bonds. The summed E-state index contributed by atoms with van der Waals surface area (Å²) in [4.78, 5) is 0. The van der Waals surface area contributed by atoms with Gasteiger partial charge in [-0.05, 0) is 61.0 Å². The molecule has 3 aromatic rings. The topological polar surface area (TPSA) is 0 Å². The van der Waals surface area contributed by atoms with Crippen LogP contribution in [-0.2, 0) is 0 Å². The van der Waals surface area contributed by atoms with Crippen LogP contribution in [-0.4, -0.2) is 0 Å². The second-order valence-electron chi connectivity index (χ2n) is 5.93. The van der Waals surface area contributed by atoms with Crippen LogP contribution in [0.25, 0.3) is 0 Å². The first-order valence-corrected chi connectivity index (χ1v) is 8.08. The zero-order valence-electron chi connectivity index (χ0n) is 14.5. The molecule has 0 bridgehead atoms. The molecule has 0 nitrogen and oxygen atoms in total. The van der Waals surface area contributed by atoms with Gasteiger partial charge in [-0.15, -0.1) is 0 Å². The average molecular weight is 382 g/mol. The fourth-order valence-corrected chi connectivity index (χ4v) is 2.36. The third-order valence-corrected chi connectivity index (χ3v) is 3.74. The van der Waals surface area contributed by atoms with E-state index in [1.165, 1.54) is 12.1 Å². The van der Waals surface area contributed by atoms with Crippen molar-refractivity contribution in [3.05, 3.63) is 105 Å². The highest BCUT2D eigenvalue weighted by Gasteiger charge is 2.09. The highest BCUT2D eigenvalue weighted by atomic mass is 19.2. The van der Waals surface area contributed by atoms with Gasteiger partial charge in [-0.1, -0.05) is 23.7 Å². The van der Waals surface area contributed by atoms with Gasteiger partial charge in [-0.2, -0.15) is 0 Å². The first-order valence-electron chi connectivity index (χ1n) is 8.08. The maximum absolute atomic E-state index is 13.8. The van der Waals surface area contributed by atoms with Gasteiger partial charge in [-0.3, -0.25) is 0 Å². The molecule has 0 aliphatic carbocycles. The molecule has 0 aliphatic rings.